The van der Waals surface area contributed by atoms with E-state index < -0.39 is 11.4 Å². The van der Waals surface area contributed by atoms with Gasteiger partial charge < -0.3 is 0 Å². The maximum Gasteiger partial charge on any atom is 0.280 e. The maximum atomic E-state index is 13.4. The van der Waals surface area contributed by atoms with E-state index in [9.17, 15) is 9.18 Å². The van der Waals surface area contributed by atoms with Gasteiger partial charge in [0.25, 0.3) is 5.56 Å². The third-order valence-electron chi connectivity index (χ3n) is 2.17. The first-order valence-corrected chi connectivity index (χ1v) is 6.23. The Labute approximate surface area is 120 Å². The van der Waals surface area contributed by atoms with Crippen molar-refractivity contribution in [1.82, 2.24) is 10.2 Å². The molecule has 0 aliphatic rings. The number of nitrogens with one attached hydrogen (secondary N) is 2. The molecule has 0 saturated heterocycles. The Bertz CT molecular complexity index is 668. The highest BCUT2D eigenvalue weighted by molar-refractivity contribution is 9.10. The van der Waals surface area contributed by atoms with Gasteiger partial charge in [-0.25, -0.2) is 9.49 Å². The molecule has 0 spiro atoms. The quantitative estimate of drug-likeness (QED) is 0.664. The number of halogens is 3. The van der Waals surface area contributed by atoms with Crippen LogP contribution >= 0.6 is 27.5 Å². The Balaban J connectivity index is 2.21. The van der Waals surface area contributed by atoms with Crippen molar-refractivity contribution in [3.8, 4) is 0 Å². The second-order valence-electron chi connectivity index (χ2n) is 3.43. The minimum absolute atomic E-state index is 0.158. The third kappa shape index (κ3) is 3.18. The lowest BCUT2D eigenvalue weighted by Crippen LogP contribution is -2.10. The fourth-order valence-corrected chi connectivity index (χ4v) is 1.75. The summed E-state index contributed by atoms with van der Waals surface area (Å²) in [4.78, 5) is 11.2. The van der Waals surface area contributed by atoms with Crippen molar-refractivity contribution in [1.29, 1.82) is 0 Å². The molecule has 0 unspecified atom stereocenters. The second-order valence-corrected chi connectivity index (χ2v) is 4.63. The van der Waals surface area contributed by atoms with E-state index in [-0.39, 0.29) is 15.1 Å². The van der Waals surface area contributed by atoms with Crippen LogP contribution < -0.4 is 11.0 Å². The molecule has 0 amide bonds. The predicted molar refractivity (Wildman–Crippen MR) is 75.2 cm³/mol. The molecule has 98 valence electrons. The van der Waals surface area contributed by atoms with E-state index in [0.29, 0.717) is 5.69 Å². The van der Waals surface area contributed by atoms with Gasteiger partial charge in [0, 0.05) is 5.56 Å². The van der Waals surface area contributed by atoms with Crippen molar-refractivity contribution in [3.05, 3.63) is 55.6 Å². The van der Waals surface area contributed by atoms with Crippen LogP contribution in [0.4, 0.5) is 10.1 Å². The van der Waals surface area contributed by atoms with Crippen LogP contribution in [0.3, 0.4) is 0 Å². The van der Waals surface area contributed by atoms with Crippen molar-refractivity contribution in [2.24, 2.45) is 5.10 Å². The van der Waals surface area contributed by atoms with Crippen molar-refractivity contribution in [2.45, 2.75) is 0 Å². The van der Waals surface area contributed by atoms with Crippen LogP contribution in [-0.2, 0) is 0 Å². The minimum Gasteiger partial charge on any atom is -0.275 e. The Morgan fingerprint density at radius 3 is 3.05 bits per heavy atom. The molecule has 0 bridgehead atoms. The summed E-state index contributed by atoms with van der Waals surface area (Å²) in [5, 5.41) is 9.90. The van der Waals surface area contributed by atoms with Crippen LogP contribution in [-0.4, -0.2) is 16.4 Å². The van der Waals surface area contributed by atoms with Gasteiger partial charge >= 0.3 is 0 Å². The lowest BCUT2D eigenvalue weighted by molar-refractivity contribution is 0.626. The van der Waals surface area contributed by atoms with E-state index in [0.717, 1.165) is 0 Å². The SMILES string of the molecule is O=c1[nH]ncc(NN=Cc2c(F)cccc2Cl)c1Br. The van der Waals surface area contributed by atoms with E-state index in [4.69, 9.17) is 11.6 Å². The van der Waals surface area contributed by atoms with Crippen molar-refractivity contribution >= 4 is 39.4 Å². The largest absolute Gasteiger partial charge is 0.280 e. The van der Waals surface area contributed by atoms with Gasteiger partial charge in [-0.3, -0.25) is 10.2 Å². The molecule has 1 aromatic carbocycles. The monoisotopic (exact) mass is 344 g/mol. The molecule has 0 saturated carbocycles. The number of nitrogens with zero attached hydrogens (tertiary/aromatic N) is 2. The second kappa shape index (κ2) is 5.94. The fourth-order valence-electron chi connectivity index (χ4n) is 1.26. The highest BCUT2D eigenvalue weighted by atomic mass is 79.9. The Morgan fingerprint density at radius 2 is 2.32 bits per heavy atom. The summed E-state index contributed by atoms with van der Waals surface area (Å²) < 4.78 is 13.7. The van der Waals surface area contributed by atoms with Crippen LogP contribution in [0.2, 0.25) is 5.02 Å². The summed E-state index contributed by atoms with van der Waals surface area (Å²) in [6.07, 6.45) is 2.59. The van der Waals surface area contributed by atoms with Crippen LogP contribution in [0.25, 0.3) is 0 Å². The Morgan fingerprint density at radius 1 is 1.53 bits per heavy atom. The minimum atomic E-state index is -0.485. The number of rotatable bonds is 3. The van der Waals surface area contributed by atoms with Crippen molar-refractivity contribution in [3.63, 3.8) is 0 Å². The average molecular weight is 346 g/mol. The van der Waals surface area contributed by atoms with Gasteiger partial charge in [-0.2, -0.15) is 10.2 Å². The summed E-state index contributed by atoms with van der Waals surface area (Å²) in [7, 11) is 0. The first-order valence-electron chi connectivity index (χ1n) is 5.06. The topological polar surface area (TPSA) is 70.1 Å². The van der Waals surface area contributed by atoms with Crippen molar-refractivity contribution < 1.29 is 4.39 Å². The third-order valence-corrected chi connectivity index (χ3v) is 3.29. The Kier molecular flexibility index (Phi) is 4.28. The van der Waals surface area contributed by atoms with Gasteiger partial charge in [-0.05, 0) is 28.1 Å². The number of hydrazone groups is 1. The molecule has 2 rings (SSSR count). The molecule has 0 radical (unpaired) electrons. The molecule has 0 aliphatic carbocycles. The lowest BCUT2D eigenvalue weighted by atomic mass is 10.2. The molecule has 8 heteroatoms. The highest BCUT2D eigenvalue weighted by Crippen LogP contribution is 2.18. The predicted octanol–water partition coefficient (Wildman–Crippen LogP) is 2.77. The average Bonchev–Trinajstić information content (AvgIpc) is 2.38. The first kappa shape index (κ1) is 13.7. The molecule has 0 fully saturated rings. The van der Waals surface area contributed by atoms with E-state index >= 15 is 0 Å². The number of hydrogen-bond acceptors (Lipinski definition) is 4. The molecule has 2 aromatic rings. The summed E-state index contributed by atoms with van der Waals surface area (Å²) in [5.41, 5.74) is 2.68. The maximum absolute atomic E-state index is 13.4. The van der Waals surface area contributed by atoms with Crippen molar-refractivity contribution in [2.75, 3.05) is 5.43 Å². The van der Waals surface area contributed by atoms with Crippen LogP contribution in [0.1, 0.15) is 5.56 Å². The molecule has 5 nitrogen and oxygen atoms in total. The zero-order chi connectivity index (χ0) is 13.8. The smallest absolute Gasteiger partial charge is 0.275 e. The van der Waals surface area contributed by atoms with Crippen LogP contribution in [0.5, 0.6) is 0 Å². The van der Waals surface area contributed by atoms with Crippen LogP contribution in [0.15, 0.2) is 38.8 Å². The van der Waals surface area contributed by atoms with Crippen LogP contribution in [0, 0.1) is 5.82 Å². The molecule has 19 heavy (non-hydrogen) atoms. The molecule has 1 heterocycles. The van der Waals surface area contributed by atoms with E-state index in [1.807, 2.05) is 0 Å². The molecular formula is C11H7BrClFN4O. The van der Waals surface area contributed by atoms with E-state index in [1.165, 1.54) is 24.5 Å². The normalized spacial score (nSPS) is 10.9. The number of hydrogen-bond donors (Lipinski definition) is 2. The number of H-pyrrole nitrogens is 1. The summed E-state index contributed by atoms with van der Waals surface area (Å²) >= 11 is 8.91. The van der Waals surface area contributed by atoms with Gasteiger partial charge in [0.05, 0.1) is 23.1 Å². The Hall–Kier alpha value is -1.73. The zero-order valence-corrected chi connectivity index (χ0v) is 11.7. The molecular weight excluding hydrogens is 339 g/mol. The number of anilines is 1. The first-order chi connectivity index (χ1) is 9.09. The summed E-state index contributed by atoms with van der Waals surface area (Å²) in [6.45, 7) is 0. The van der Waals surface area contributed by atoms with Gasteiger partial charge in [0.2, 0.25) is 0 Å². The highest BCUT2D eigenvalue weighted by Gasteiger charge is 2.05. The number of benzene rings is 1. The van der Waals surface area contributed by atoms with Gasteiger partial charge in [-0.15, -0.1) is 0 Å². The fraction of sp³-hybridized carbons (Fsp3) is 0. The van der Waals surface area contributed by atoms with Gasteiger partial charge in [0.1, 0.15) is 10.3 Å². The van der Waals surface area contributed by atoms with Gasteiger partial charge in [0.15, 0.2) is 0 Å². The summed E-state index contributed by atoms with van der Waals surface area (Å²) in [5.74, 6) is -0.485. The lowest BCUT2D eigenvalue weighted by Gasteiger charge is -2.02. The number of aromatic amines is 1. The van der Waals surface area contributed by atoms with E-state index in [1.54, 1.807) is 6.07 Å². The van der Waals surface area contributed by atoms with E-state index in [2.05, 4.69) is 36.7 Å². The molecule has 2 N–H and O–H groups in total. The van der Waals surface area contributed by atoms with Gasteiger partial charge in [-0.1, -0.05) is 17.7 Å². The standard InChI is InChI=1S/C11H7BrClFN4O/c12-10-9(5-16-18-11(10)19)17-15-4-6-7(13)2-1-3-8(6)14/h1-5H,(H2,17,18,19). The number of aromatic nitrogens is 2. The molecule has 0 atom stereocenters. The molecule has 0 aliphatic heterocycles. The molecule has 1 aromatic heterocycles. The summed E-state index contributed by atoms with van der Waals surface area (Å²) in [6, 6.07) is 4.33. The zero-order valence-electron chi connectivity index (χ0n) is 9.32.